The van der Waals surface area contributed by atoms with E-state index in [4.69, 9.17) is 0 Å². The summed E-state index contributed by atoms with van der Waals surface area (Å²) >= 11 is 3.81. The van der Waals surface area contributed by atoms with E-state index < -0.39 is 0 Å². The summed E-state index contributed by atoms with van der Waals surface area (Å²) in [5, 5.41) is 5.34. The fourth-order valence-electron chi connectivity index (χ4n) is 9.34. The Hall–Kier alpha value is -6.72. The molecule has 2 aromatic heterocycles. The Balaban J connectivity index is 0.996. The van der Waals surface area contributed by atoms with Crippen molar-refractivity contribution in [3.63, 3.8) is 0 Å². The molecule has 2 unspecified atom stereocenters. The predicted octanol–water partition coefficient (Wildman–Crippen LogP) is 15.7. The third kappa shape index (κ3) is 5.30. The van der Waals surface area contributed by atoms with E-state index in [-0.39, 0.29) is 12.0 Å². The Bertz CT molecular complexity index is 3230. The van der Waals surface area contributed by atoms with E-state index in [0.717, 1.165) is 17.1 Å². The number of fused-ring (bicyclic) bond motifs is 10. The minimum atomic E-state index is 0.101. The van der Waals surface area contributed by atoms with Crippen LogP contribution in [0.15, 0.2) is 212 Å². The van der Waals surface area contributed by atoms with Gasteiger partial charge in [0, 0.05) is 80.3 Å². The lowest BCUT2D eigenvalue weighted by Crippen LogP contribution is -2.31. The highest BCUT2D eigenvalue weighted by Gasteiger charge is 2.41. The van der Waals surface area contributed by atoms with E-state index >= 15 is 0 Å². The maximum Gasteiger partial charge on any atom is 0.0650 e. The molecule has 0 bridgehead atoms. The summed E-state index contributed by atoms with van der Waals surface area (Å²) in [6.07, 6.45) is 7.34. The Morgan fingerprint density at radius 2 is 1.02 bits per heavy atom. The van der Waals surface area contributed by atoms with Crippen molar-refractivity contribution in [2.75, 3.05) is 9.80 Å². The molecular formula is C54H36N2S2. The van der Waals surface area contributed by atoms with Crippen LogP contribution in [0.25, 0.3) is 62.6 Å². The molecule has 10 aromatic rings. The summed E-state index contributed by atoms with van der Waals surface area (Å²) in [5.41, 5.74) is 12.3. The largest absolute Gasteiger partial charge is 0.333 e. The van der Waals surface area contributed by atoms with Crippen molar-refractivity contribution < 1.29 is 0 Å². The highest BCUT2D eigenvalue weighted by Crippen LogP contribution is 2.54. The number of para-hydroxylation sites is 1. The molecule has 0 radical (unpaired) electrons. The van der Waals surface area contributed by atoms with E-state index in [1.54, 1.807) is 0 Å². The quantitative estimate of drug-likeness (QED) is 0.166. The van der Waals surface area contributed by atoms with E-state index in [1.807, 2.05) is 22.7 Å². The highest BCUT2D eigenvalue weighted by molar-refractivity contribution is 7.26. The van der Waals surface area contributed by atoms with Gasteiger partial charge in [-0.25, -0.2) is 0 Å². The van der Waals surface area contributed by atoms with Gasteiger partial charge in [0.15, 0.2) is 0 Å². The molecule has 2 nitrogen and oxygen atoms in total. The van der Waals surface area contributed by atoms with E-state index in [2.05, 4.69) is 216 Å². The lowest BCUT2D eigenvalue weighted by molar-refractivity contribution is 0.738. The zero-order valence-electron chi connectivity index (χ0n) is 31.5. The lowest BCUT2D eigenvalue weighted by atomic mass is 9.89. The maximum atomic E-state index is 2.57. The number of hydrogen-bond acceptors (Lipinski definition) is 4. The molecule has 0 amide bonds. The van der Waals surface area contributed by atoms with Gasteiger partial charge in [-0.05, 0) is 89.0 Å². The lowest BCUT2D eigenvalue weighted by Gasteiger charge is -2.34. The maximum absolute atomic E-state index is 2.57. The summed E-state index contributed by atoms with van der Waals surface area (Å²) in [6.45, 7) is 0. The molecule has 0 spiro atoms. The van der Waals surface area contributed by atoms with Crippen LogP contribution in [0.1, 0.15) is 11.5 Å². The second-order valence-electron chi connectivity index (χ2n) is 15.2. The fraction of sp³-hybridized carbons (Fsp3) is 0.0370. The van der Waals surface area contributed by atoms with Gasteiger partial charge in [0.25, 0.3) is 0 Å². The Morgan fingerprint density at radius 3 is 1.72 bits per heavy atom. The molecule has 58 heavy (non-hydrogen) atoms. The number of rotatable bonds is 6. The van der Waals surface area contributed by atoms with Crippen LogP contribution >= 0.6 is 22.7 Å². The van der Waals surface area contributed by atoms with Crippen molar-refractivity contribution in [3.8, 4) is 22.3 Å². The average molecular weight is 777 g/mol. The SMILES string of the molecule is C1=CC2c3c(ccc4c3sc3ccccc34)N(c3ccccc3)C2C=C1N(c1ccc(-c2ccccc2)cc1)c1ccc(-c2cccc3c2sc2ccccc23)cc1. The molecule has 2 aliphatic rings. The second-order valence-corrected chi connectivity index (χ2v) is 17.3. The monoisotopic (exact) mass is 776 g/mol. The average Bonchev–Trinajstić information content (AvgIpc) is 3.97. The van der Waals surface area contributed by atoms with Gasteiger partial charge in [-0.1, -0.05) is 140 Å². The molecule has 3 heterocycles. The van der Waals surface area contributed by atoms with Crippen molar-refractivity contribution in [3.05, 3.63) is 218 Å². The molecule has 1 aliphatic heterocycles. The van der Waals surface area contributed by atoms with Gasteiger partial charge in [0.2, 0.25) is 0 Å². The first kappa shape index (κ1) is 33.4. The normalized spacial score (nSPS) is 15.9. The summed E-state index contributed by atoms with van der Waals surface area (Å²) in [7, 11) is 0. The van der Waals surface area contributed by atoms with Crippen LogP contribution in [0.5, 0.6) is 0 Å². The summed E-state index contributed by atoms with van der Waals surface area (Å²) < 4.78 is 5.40. The van der Waals surface area contributed by atoms with E-state index in [0.29, 0.717) is 0 Å². The van der Waals surface area contributed by atoms with Crippen LogP contribution in [0, 0.1) is 0 Å². The van der Waals surface area contributed by atoms with Crippen LogP contribution in [0.3, 0.4) is 0 Å². The van der Waals surface area contributed by atoms with Crippen LogP contribution < -0.4 is 9.80 Å². The zero-order valence-corrected chi connectivity index (χ0v) is 33.1. The Kier molecular flexibility index (Phi) is 7.75. The van der Waals surface area contributed by atoms with Gasteiger partial charge in [-0.3, -0.25) is 0 Å². The molecule has 12 rings (SSSR count). The third-order valence-electron chi connectivity index (χ3n) is 12.0. The molecule has 4 heteroatoms. The van der Waals surface area contributed by atoms with Crippen molar-refractivity contribution in [1.82, 2.24) is 0 Å². The highest BCUT2D eigenvalue weighted by atomic mass is 32.1. The molecule has 274 valence electrons. The third-order valence-corrected chi connectivity index (χ3v) is 14.4. The first-order valence-corrected chi connectivity index (χ1v) is 21.5. The van der Waals surface area contributed by atoms with Crippen molar-refractivity contribution in [2.45, 2.75) is 12.0 Å². The minimum Gasteiger partial charge on any atom is -0.333 e. The van der Waals surface area contributed by atoms with Crippen LogP contribution in [-0.4, -0.2) is 6.04 Å². The van der Waals surface area contributed by atoms with E-state index in [9.17, 15) is 0 Å². The van der Waals surface area contributed by atoms with Gasteiger partial charge >= 0.3 is 0 Å². The van der Waals surface area contributed by atoms with Crippen LogP contribution in [-0.2, 0) is 0 Å². The number of allylic oxidation sites excluding steroid dienone is 1. The topological polar surface area (TPSA) is 6.48 Å². The number of benzene rings is 8. The standard InChI is InChI=1S/C54H36N2S2/c1-3-12-35(13-4-1)36-22-26-39(27-23-36)55(40-28-24-37(25-29-40)42-18-11-19-45-43-16-7-9-20-50(43)57-53(42)45)41-30-31-47-49(34-41)56(38-14-5-2-6-15-38)48-33-32-46-44-17-8-10-21-51(44)58-54(46)52(47)48/h1-34,47,49H. The predicted molar refractivity (Wildman–Crippen MR) is 250 cm³/mol. The van der Waals surface area contributed by atoms with Crippen molar-refractivity contribution >= 4 is 85.8 Å². The molecule has 2 atom stereocenters. The van der Waals surface area contributed by atoms with Crippen LogP contribution in [0.4, 0.5) is 22.7 Å². The number of hydrogen-bond donors (Lipinski definition) is 0. The molecule has 0 saturated carbocycles. The molecule has 1 aliphatic carbocycles. The van der Waals surface area contributed by atoms with Crippen LogP contribution in [0.2, 0.25) is 0 Å². The zero-order chi connectivity index (χ0) is 38.2. The van der Waals surface area contributed by atoms with Gasteiger partial charge in [0.05, 0.1) is 6.04 Å². The fourth-order valence-corrected chi connectivity index (χ4v) is 11.9. The van der Waals surface area contributed by atoms with Gasteiger partial charge in [-0.15, -0.1) is 22.7 Å². The summed E-state index contributed by atoms with van der Waals surface area (Å²) in [5.74, 6) is 0.210. The van der Waals surface area contributed by atoms with Gasteiger partial charge < -0.3 is 9.80 Å². The van der Waals surface area contributed by atoms with Crippen molar-refractivity contribution in [2.24, 2.45) is 0 Å². The number of thiophene rings is 2. The van der Waals surface area contributed by atoms with E-state index in [1.165, 1.54) is 79.5 Å². The Morgan fingerprint density at radius 1 is 0.448 bits per heavy atom. The first-order chi connectivity index (χ1) is 28.8. The second kappa shape index (κ2) is 13.5. The Labute approximate surface area is 345 Å². The number of nitrogens with zero attached hydrogens (tertiary/aromatic N) is 2. The number of anilines is 4. The smallest absolute Gasteiger partial charge is 0.0650 e. The van der Waals surface area contributed by atoms with Gasteiger partial charge in [0.1, 0.15) is 0 Å². The molecule has 0 fully saturated rings. The molecule has 0 saturated heterocycles. The molecule has 8 aromatic carbocycles. The first-order valence-electron chi connectivity index (χ1n) is 19.9. The van der Waals surface area contributed by atoms with Crippen molar-refractivity contribution in [1.29, 1.82) is 0 Å². The minimum absolute atomic E-state index is 0.101. The molecular weight excluding hydrogens is 741 g/mol. The van der Waals surface area contributed by atoms with Gasteiger partial charge in [-0.2, -0.15) is 0 Å². The molecule has 0 N–H and O–H groups in total. The summed E-state index contributed by atoms with van der Waals surface area (Å²) in [4.78, 5) is 5.01. The summed E-state index contributed by atoms with van der Waals surface area (Å²) in [6, 6.07) is 69.0.